The number of aliphatic imine (C=N–C) groups is 1. The summed E-state index contributed by atoms with van der Waals surface area (Å²) in [6.45, 7) is 4.04. The van der Waals surface area contributed by atoms with Crippen molar-refractivity contribution in [3.05, 3.63) is 108 Å². The van der Waals surface area contributed by atoms with Crippen LogP contribution in [0, 0.1) is 0 Å². The van der Waals surface area contributed by atoms with Crippen molar-refractivity contribution in [3.63, 3.8) is 0 Å². The summed E-state index contributed by atoms with van der Waals surface area (Å²) in [5, 5.41) is 0. The van der Waals surface area contributed by atoms with Crippen LogP contribution in [0.1, 0.15) is 11.1 Å². The molecule has 0 aliphatic carbocycles. The number of para-hydroxylation sites is 1. The normalized spacial score (nSPS) is 14.4. The first-order chi connectivity index (χ1) is 14.2. The first-order valence-corrected chi connectivity index (χ1v) is 9.26. The van der Waals surface area contributed by atoms with Crippen LogP contribution in [-0.2, 0) is 9.53 Å². The van der Waals surface area contributed by atoms with E-state index in [0.717, 1.165) is 22.3 Å². The largest absolute Gasteiger partial charge is 0.489 e. The van der Waals surface area contributed by atoms with Gasteiger partial charge in [-0.05, 0) is 35.4 Å². The van der Waals surface area contributed by atoms with Crippen LogP contribution in [0.2, 0.25) is 0 Å². The Kier molecular flexibility index (Phi) is 5.34. The molecule has 0 spiro atoms. The predicted molar refractivity (Wildman–Crippen MR) is 115 cm³/mol. The molecular weight excluding hydrogens is 362 g/mol. The van der Waals surface area contributed by atoms with Gasteiger partial charge < -0.3 is 9.47 Å². The Bertz CT molecular complexity index is 1100. The third-order valence-electron chi connectivity index (χ3n) is 4.43. The van der Waals surface area contributed by atoms with Gasteiger partial charge in [-0.3, -0.25) is 0 Å². The van der Waals surface area contributed by atoms with Crippen molar-refractivity contribution in [1.82, 2.24) is 0 Å². The van der Waals surface area contributed by atoms with Gasteiger partial charge in [0, 0.05) is 11.1 Å². The lowest BCUT2D eigenvalue weighted by Crippen LogP contribution is -2.05. The Morgan fingerprint density at radius 3 is 2.28 bits per heavy atom. The van der Waals surface area contributed by atoms with Crippen LogP contribution >= 0.6 is 0 Å². The van der Waals surface area contributed by atoms with E-state index in [0.29, 0.717) is 18.3 Å². The number of cyclic esters (lactones) is 1. The molecule has 1 heterocycles. The van der Waals surface area contributed by atoms with Gasteiger partial charge in [-0.2, -0.15) is 0 Å². The Morgan fingerprint density at radius 1 is 0.862 bits per heavy atom. The van der Waals surface area contributed by atoms with Gasteiger partial charge in [0.15, 0.2) is 5.70 Å². The third-order valence-corrected chi connectivity index (χ3v) is 4.43. The molecule has 0 bridgehead atoms. The smallest absolute Gasteiger partial charge is 0.363 e. The molecule has 4 rings (SSSR count). The zero-order valence-electron chi connectivity index (χ0n) is 15.7. The first kappa shape index (κ1) is 18.4. The lowest BCUT2D eigenvalue weighted by Gasteiger charge is -2.06. The first-order valence-electron chi connectivity index (χ1n) is 9.26. The number of benzene rings is 3. The standard InChI is InChI=1S/C25H19NO3/c1-2-16-28-23-11-7-6-10-21(23)17-22-25(27)29-24(26-22)20-14-12-19(13-15-20)18-8-4-3-5-9-18/h2-15,17H,1,16H2/b22-17-. The highest BCUT2D eigenvalue weighted by Crippen LogP contribution is 2.26. The van der Waals surface area contributed by atoms with Crippen LogP contribution in [0.15, 0.2) is 102 Å². The average Bonchev–Trinajstić information content (AvgIpc) is 3.14. The van der Waals surface area contributed by atoms with Crippen molar-refractivity contribution in [2.24, 2.45) is 4.99 Å². The number of carbonyl (C=O) groups is 1. The number of hydrogen-bond acceptors (Lipinski definition) is 4. The summed E-state index contributed by atoms with van der Waals surface area (Å²) in [6.07, 6.45) is 3.34. The average molecular weight is 381 g/mol. The molecule has 142 valence electrons. The number of ether oxygens (including phenoxy) is 2. The molecule has 1 aliphatic rings. The zero-order valence-corrected chi connectivity index (χ0v) is 15.7. The van der Waals surface area contributed by atoms with E-state index in [1.807, 2.05) is 66.7 Å². The van der Waals surface area contributed by atoms with Gasteiger partial charge in [0.25, 0.3) is 0 Å². The fourth-order valence-electron chi connectivity index (χ4n) is 3.00. The monoisotopic (exact) mass is 381 g/mol. The quantitative estimate of drug-likeness (QED) is 0.332. The lowest BCUT2D eigenvalue weighted by molar-refractivity contribution is -0.129. The van der Waals surface area contributed by atoms with Crippen molar-refractivity contribution < 1.29 is 14.3 Å². The number of carbonyl (C=O) groups excluding carboxylic acids is 1. The summed E-state index contributed by atoms with van der Waals surface area (Å²) in [5.41, 5.74) is 3.95. The highest BCUT2D eigenvalue weighted by Gasteiger charge is 2.24. The van der Waals surface area contributed by atoms with E-state index in [9.17, 15) is 4.79 Å². The molecule has 0 N–H and O–H groups in total. The minimum atomic E-state index is -0.481. The van der Waals surface area contributed by atoms with E-state index in [1.165, 1.54) is 0 Å². The summed E-state index contributed by atoms with van der Waals surface area (Å²) in [7, 11) is 0. The van der Waals surface area contributed by atoms with Gasteiger partial charge in [0.1, 0.15) is 12.4 Å². The fraction of sp³-hybridized carbons (Fsp3) is 0.0400. The molecule has 0 radical (unpaired) electrons. The Balaban J connectivity index is 1.60. The topological polar surface area (TPSA) is 47.9 Å². The highest BCUT2D eigenvalue weighted by molar-refractivity contribution is 6.13. The third kappa shape index (κ3) is 4.17. The predicted octanol–water partition coefficient (Wildman–Crippen LogP) is 5.26. The number of esters is 1. The van der Waals surface area contributed by atoms with E-state index < -0.39 is 5.97 Å². The maximum Gasteiger partial charge on any atom is 0.363 e. The van der Waals surface area contributed by atoms with Crippen molar-refractivity contribution in [2.45, 2.75) is 0 Å². The van der Waals surface area contributed by atoms with Crippen LogP contribution in [-0.4, -0.2) is 18.5 Å². The number of nitrogens with zero attached hydrogens (tertiary/aromatic N) is 1. The number of hydrogen-bond donors (Lipinski definition) is 0. The van der Waals surface area contributed by atoms with Crippen LogP contribution in [0.25, 0.3) is 17.2 Å². The second kappa shape index (κ2) is 8.40. The molecule has 0 fully saturated rings. The highest BCUT2D eigenvalue weighted by atomic mass is 16.6. The molecule has 0 amide bonds. The second-order valence-electron chi connectivity index (χ2n) is 6.42. The Hall–Kier alpha value is -3.92. The minimum absolute atomic E-state index is 0.238. The zero-order chi connectivity index (χ0) is 20.1. The van der Waals surface area contributed by atoms with E-state index in [1.54, 1.807) is 12.2 Å². The fourth-order valence-corrected chi connectivity index (χ4v) is 3.00. The summed E-state index contributed by atoms with van der Waals surface area (Å²) in [6, 6.07) is 25.3. The SMILES string of the molecule is C=CCOc1ccccc1/C=C1\N=C(c2ccc(-c3ccccc3)cc2)OC1=O. The Labute approximate surface area is 169 Å². The molecule has 4 heteroatoms. The molecule has 0 saturated heterocycles. The van der Waals surface area contributed by atoms with Gasteiger partial charge in [-0.1, -0.05) is 73.3 Å². The van der Waals surface area contributed by atoms with Gasteiger partial charge in [0.2, 0.25) is 5.90 Å². The van der Waals surface area contributed by atoms with E-state index in [4.69, 9.17) is 9.47 Å². The van der Waals surface area contributed by atoms with Gasteiger partial charge in [0.05, 0.1) is 0 Å². The molecule has 0 unspecified atom stereocenters. The summed E-state index contributed by atoms with van der Waals surface area (Å²) < 4.78 is 11.0. The maximum atomic E-state index is 12.3. The molecule has 3 aromatic rings. The lowest BCUT2D eigenvalue weighted by atomic mass is 10.0. The van der Waals surface area contributed by atoms with Crippen molar-refractivity contribution >= 4 is 17.9 Å². The molecule has 4 nitrogen and oxygen atoms in total. The van der Waals surface area contributed by atoms with Crippen molar-refractivity contribution in [3.8, 4) is 16.9 Å². The Morgan fingerprint density at radius 2 is 1.52 bits per heavy atom. The van der Waals surface area contributed by atoms with Gasteiger partial charge >= 0.3 is 5.97 Å². The van der Waals surface area contributed by atoms with Crippen LogP contribution in [0.5, 0.6) is 5.75 Å². The number of rotatable bonds is 6. The molecule has 0 atom stereocenters. The molecule has 1 aliphatic heterocycles. The summed E-state index contributed by atoms with van der Waals surface area (Å²) >= 11 is 0. The van der Waals surface area contributed by atoms with Crippen LogP contribution < -0.4 is 4.74 Å². The van der Waals surface area contributed by atoms with E-state index in [2.05, 4.69) is 23.7 Å². The van der Waals surface area contributed by atoms with Crippen LogP contribution in [0.3, 0.4) is 0 Å². The molecular formula is C25H19NO3. The van der Waals surface area contributed by atoms with Crippen molar-refractivity contribution in [1.29, 1.82) is 0 Å². The van der Waals surface area contributed by atoms with Crippen molar-refractivity contribution in [2.75, 3.05) is 6.61 Å². The molecule has 0 saturated carbocycles. The molecule has 0 aromatic heterocycles. The molecule has 29 heavy (non-hydrogen) atoms. The van der Waals surface area contributed by atoms with Crippen LogP contribution in [0.4, 0.5) is 0 Å². The second-order valence-corrected chi connectivity index (χ2v) is 6.42. The summed E-state index contributed by atoms with van der Waals surface area (Å²) in [4.78, 5) is 16.7. The van der Waals surface area contributed by atoms with Gasteiger partial charge in [-0.25, -0.2) is 9.79 Å². The maximum absolute atomic E-state index is 12.3. The van der Waals surface area contributed by atoms with E-state index in [-0.39, 0.29) is 5.70 Å². The van der Waals surface area contributed by atoms with Gasteiger partial charge in [-0.15, -0.1) is 0 Å². The minimum Gasteiger partial charge on any atom is -0.489 e. The summed E-state index contributed by atoms with van der Waals surface area (Å²) in [5.74, 6) is 0.472. The van der Waals surface area contributed by atoms with E-state index >= 15 is 0 Å². The molecule has 3 aromatic carbocycles.